The van der Waals surface area contributed by atoms with Crippen LogP contribution in [0.1, 0.15) is 232 Å². The number of unbranched alkanes of at least 4 members (excludes halogenated alkanes) is 28. The van der Waals surface area contributed by atoms with Crippen LogP contribution in [-0.2, 0) is 28.7 Å². The van der Waals surface area contributed by atoms with Crippen molar-refractivity contribution in [3.05, 3.63) is 0 Å². The molecule has 0 aliphatic heterocycles. The molecule has 0 heterocycles. The largest absolute Gasteiger partial charge is 1.00 e. The number of carbonyl (C=O) groups excluding carboxylic acids is 4. The van der Waals surface area contributed by atoms with Crippen molar-refractivity contribution in [1.82, 2.24) is 0 Å². The number of aliphatic hydroxyl groups is 4. The summed E-state index contributed by atoms with van der Waals surface area (Å²) in [7, 11) is 0. The van der Waals surface area contributed by atoms with E-state index in [4.69, 9.17) is 29.9 Å². The van der Waals surface area contributed by atoms with Crippen molar-refractivity contribution in [2.24, 2.45) is 0 Å². The molecule has 60 heavy (non-hydrogen) atoms. The second kappa shape index (κ2) is 60.0. The van der Waals surface area contributed by atoms with Gasteiger partial charge in [-0.3, -0.25) is 9.59 Å². The molecule has 0 bridgehead atoms. The van der Waals surface area contributed by atoms with Gasteiger partial charge >= 0.3 is 115 Å². The molecule has 0 spiro atoms. The van der Waals surface area contributed by atoms with Crippen LogP contribution < -0.4 is 113 Å². The van der Waals surface area contributed by atoms with Crippen LogP contribution in [0.5, 0.6) is 0 Å². The van der Waals surface area contributed by atoms with Gasteiger partial charge in [0.2, 0.25) is 0 Å². The van der Waals surface area contributed by atoms with Crippen LogP contribution in [0.4, 0.5) is 0 Å². The first kappa shape index (κ1) is 70.0. The minimum Gasteiger partial charge on any atom is -0.550 e. The molecule has 0 rings (SSSR count). The van der Waals surface area contributed by atoms with Gasteiger partial charge in [-0.15, -0.1) is 0 Å². The summed E-state index contributed by atoms with van der Waals surface area (Å²) in [4.78, 5) is 41.8. The van der Waals surface area contributed by atoms with Gasteiger partial charge in [-0.05, 0) is 25.7 Å². The van der Waals surface area contributed by atoms with Crippen LogP contribution in [0.25, 0.3) is 0 Å². The van der Waals surface area contributed by atoms with E-state index in [0.29, 0.717) is 12.8 Å². The van der Waals surface area contributed by atoms with E-state index in [1.807, 2.05) is 0 Å². The molecule has 346 valence electrons. The molecule has 0 saturated carbocycles. The van der Waals surface area contributed by atoms with Gasteiger partial charge in [0.1, 0.15) is 25.4 Å². The maximum Gasteiger partial charge on any atom is 1.00 e. The molecule has 2 atom stereocenters. The van der Waals surface area contributed by atoms with Crippen LogP contribution in [0.3, 0.4) is 0 Å². The summed E-state index contributed by atoms with van der Waals surface area (Å²) in [6.45, 7) is 3.59. The number of carboxylic acid groups (broad SMARTS) is 2. The maximum absolute atomic E-state index is 11.4. The minimum atomic E-state index is -1.37. The van der Waals surface area contributed by atoms with Gasteiger partial charge in [-0.25, -0.2) is 0 Å². The molecule has 0 aromatic rings. The number of carboxylic acids is 2. The third-order valence-electron chi connectivity index (χ3n) is 9.80. The zero-order valence-corrected chi connectivity index (χ0v) is 45.3. The van der Waals surface area contributed by atoms with E-state index >= 15 is 0 Å². The minimum absolute atomic E-state index is 0. The predicted molar refractivity (Wildman–Crippen MR) is 226 cm³/mol. The molecule has 0 fully saturated rings. The van der Waals surface area contributed by atoms with Crippen molar-refractivity contribution in [1.29, 1.82) is 0 Å². The molecule has 14 heteroatoms. The summed E-state index contributed by atoms with van der Waals surface area (Å²) in [5.74, 6) is -3.28. The van der Waals surface area contributed by atoms with Crippen molar-refractivity contribution in [2.45, 2.75) is 244 Å². The fourth-order valence-electron chi connectivity index (χ4n) is 6.11. The van der Waals surface area contributed by atoms with Crippen LogP contribution in [0.2, 0.25) is 0 Å². The Kier molecular flexibility index (Phi) is 70.0. The Morgan fingerprint density at radius 2 is 0.583 bits per heavy atom. The van der Waals surface area contributed by atoms with E-state index in [2.05, 4.69) is 13.8 Å². The number of carbonyl (C=O) groups is 4. The number of aliphatic carboxylic acids is 2. The number of hydrogen-bond acceptors (Lipinski definition) is 12. The van der Waals surface area contributed by atoms with Gasteiger partial charge in [0.15, 0.2) is 0 Å². The van der Waals surface area contributed by atoms with Crippen molar-refractivity contribution in [2.75, 3.05) is 26.4 Å². The summed E-state index contributed by atoms with van der Waals surface area (Å²) in [6, 6.07) is 0. The summed E-state index contributed by atoms with van der Waals surface area (Å²) >= 11 is 0. The van der Waals surface area contributed by atoms with E-state index in [0.717, 1.165) is 25.7 Å². The third-order valence-corrected chi connectivity index (χ3v) is 9.80. The second-order valence-corrected chi connectivity index (χ2v) is 15.7. The average molecular weight is 911 g/mol. The van der Waals surface area contributed by atoms with E-state index in [-0.39, 0.29) is 141 Å². The Morgan fingerprint density at radius 1 is 0.383 bits per heavy atom. The summed E-state index contributed by atoms with van der Waals surface area (Å²) in [5, 5.41) is 54.4. The van der Waals surface area contributed by atoms with E-state index < -0.39 is 37.0 Å². The second-order valence-electron chi connectivity index (χ2n) is 15.7. The smallest absolute Gasteiger partial charge is 0.550 e. The Hall–Kier alpha value is 0.993. The monoisotopic (exact) mass is 911 g/mol. The van der Waals surface area contributed by atoms with E-state index in [9.17, 15) is 29.4 Å². The molecule has 0 amide bonds. The van der Waals surface area contributed by atoms with Gasteiger partial charge in [-0.1, -0.05) is 194 Å². The van der Waals surface area contributed by atoms with E-state index in [1.165, 1.54) is 167 Å². The quantitative estimate of drug-likeness (QED) is 0.0391. The van der Waals surface area contributed by atoms with E-state index in [1.54, 1.807) is 0 Å². The van der Waals surface area contributed by atoms with Crippen molar-refractivity contribution >= 4 is 23.9 Å². The van der Waals surface area contributed by atoms with Gasteiger partial charge in [0.25, 0.3) is 0 Å². The summed E-state index contributed by atoms with van der Waals surface area (Å²) in [5.41, 5.74) is 0. The molecule has 0 radical (unpaired) electrons. The molecule has 0 aromatic carbocycles. The molecular weight excluding hydrogens is 823 g/mol. The number of aliphatic hydroxyl groups excluding tert-OH is 4. The number of esters is 2. The number of hydrogen-bond donors (Lipinski definition) is 4. The first-order valence-corrected chi connectivity index (χ1v) is 23.3. The zero-order valence-electron chi connectivity index (χ0n) is 39.1. The molecule has 2 unspecified atom stereocenters. The standard InChI is InChI=1S/2C21H42O4.C4H6O4.2K/c2*1-2-3-4-5-6-7-8-9-10-11-12-13-14-15-16-17-21(24)25-19-20(23)18-22;5-3(6)1-2-4(7)8;;/h2*20,22-23H,2-19H2,1H3;1-2H2,(H,5,6)(H,7,8);;/q;;;2*+1/p-2. The molecule has 4 N–H and O–H groups in total. The summed E-state index contributed by atoms with van der Waals surface area (Å²) in [6.07, 6.45) is 37.1. The molecule has 0 aromatic heterocycles. The van der Waals surface area contributed by atoms with Crippen molar-refractivity contribution < 1.29 is 162 Å². The molecular formula is C46H88K2O12. The normalized spacial score (nSPS) is 11.4. The van der Waals surface area contributed by atoms with Crippen molar-refractivity contribution in [3.63, 3.8) is 0 Å². The van der Waals surface area contributed by atoms with Crippen LogP contribution in [0.15, 0.2) is 0 Å². The number of rotatable bonds is 41. The topological polar surface area (TPSA) is 214 Å². The Balaban J connectivity index is -0.000000276. The number of ether oxygens (including phenoxy) is 2. The molecule has 0 aliphatic carbocycles. The molecule has 0 saturated heterocycles. The average Bonchev–Trinajstić information content (AvgIpc) is 3.21. The van der Waals surface area contributed by atoms with Crippen LogP contribution >= 0.6 is 0 Å². The van der Waals surface area contributed by atoms with Gasteiger partial charge in [-0.2, -0.15) is 0 Å². The Morgan fingerprint density at radius 3 is 0.767 bits per heavy atom. The van der Waals surface area contributed by atoms with Crippen LogP contribution in [0, 0.1) is 0 Å². The zero-order chi connectivity index (χ0) is 43.7. The van der Waals surface area contributed by atoms with Crippen molar-refractivity contribution in [3.8, 4) is 0 Å². The molecule has 0 aliphatic rings. The maximum atomic E-state index is 11.4. The predicted octanol–water partition coefficient (Wildman–Crippen LogP) is 1.56. The van der Waals surface area contributed by atoms with Gasteiger partial charge < -0.3 is 49.7 Å². The van der Waals surface area contributed by atoms with Crippen LogP contribution in [-0.4, -0.2) is 82.9 Å². The Bertz CT molecular complexity index is 827. The fourth-order valence-corrected chi connectivity index (χ4v) is 6.11. The van der Waals surface area contributed by atoms with Gasteiger partial charge in [0.05, 0.1) is 13.2 Å². The fraction of sp³-hybridized carbons (Fsp3) is 0.913. The van der Waals surface area contributed by atoms with Gasteiger partial charge in [0, 0.05) is 24.8 Å². The first-order chi connectivity index (χ1) is 28.0. The first-order valence-electron chi connectivity index (χ1n) is 23.3. The molecule has 12 nitrogen and oxygen atoms in total. The Labute approximate surface area is 451 Å². The SMILES string of the molecule is CCCCCCCCCCCCCCCCCC(=O)OCC(O)CO.CCCCCCCCCCCCCCCCCC(=O)OCC(O)CO.O=C([O-])CCC(=O)[O-].[K+].[K+]. The third kappa shape index (κ3) is 68.1. The summed E-state index contributed by atoms with van der Waals surface area (Å²) < 4.78 is 9.73.